The van der Waals surface area contributed by atoms with E-state index in [-0.39, 0.29) is 0 Å². The molecule has 0 aromatic carbocycles. The quantitative estimate of drug-likeness (QED) is 0.0186. The van der Waals surface area contributed by atoms with Crippen LogP contribution in [0.1, 0.15) is 25.7 Å². The lowest BCUT2D eigenvalue weighted by Crippen LogP contribution is -2.59. The molecule has 0 bridgehead atoms. The molecule has 1 heterocycles. The van der Waals surface area contributed by atoms with E-state index in [0.717, 1.165) is 14.2 Å². The molecule has 0 spiro atoms. The molecule has 0 saturated carbocycles. The van der Waals surface area contributed by atoms with Crippen molar-refractivity contribution in [1.29, 1.82) is 0 Å². The van der Waals surface area contributed by atoms with Gasteiger partial charge >= 0.3 is 17.9 Å². The Bertz CT molecular complexity index is 1140. The van der Waals surface area contributed by atoms with Gasteiger partial charge in [-0.2, -0.15) is 0 Å². The smallest absolute Gasteiger partial charge is 0.333 e. The number of aldehydes is 1. The molecule has 19 unspecified atom stereocenters. The van der Waals surface area contributed by atoms with E-state index < -0.39 is 155 Å². The van der Waals surface area contributed by atoms with Crippen LogP contribution in [0.4, 0.5) is 0 Å². The molecular formula is C29H48I2O21. The number of alkyl halides is 2. The lowest BCUT2D eigenvalue weighted by molar-refractivity contribution is -0.222. The molecule has 0 aromatic heterocycles. The number of ether oxygens (including phenoxy) is 3. The van der Waals surface area contributed by atoms with E-state index in [1.807, 2.05) is 0 Å². The zero-order valence-electron chi connectivity index (χ0n) is 27.8. The molecule has 304 valence electrons. The minimum absolute atomic E-state index is 0.350. The third-order valence-corrected chi connectivity index (χ3v) is 11.6. The highest BCUT2D eigenvalue weighted by molar-refractivity contribution is 14.1. The van der Waals surface area contributed by atoms with E-state index >= 15 is 0 Å². The van der Waals surface area contributed by atoms with Gasteiger partial charge in [0, 0.05) is 36.4 Å². The van der Waals surface area contributed by atoms with Crippen molar-refractivity contribution < 1.29 is 105 Å². The minimum atomic E-state index is -2.50. The van der Waals surface area contributed by atoms with E-state index in [0.29, 0.717) is 6.29 Å². The number of rotatable bonds is 24. The summed E-state index contributed by atoms with van der Waals surface area (Å²) >= 11 is 2.91. The van der Waals surface area contributed by atoms with Crippen LogP contribution in [0.3, 0.4) is 0 Å². The fraction of sp³-hybridized carbons (Fsp3) is 0.862. The Labute approximate surface area is 324 Å². The van der Waals surface area contributed by atoms with Crippen LogP contribution in [-0.2, 0) is 33.4 Å². The lowest BCUT2D eigenvalue weighted by Gasteiger charge is -2.44. The molecule has 0 amide bonds. The maximum Gasteiger partial charge on any atom is 0.333 e. The highest BCUT2D eigenvalue weighted by Gasteiger charge is 2.51. The molecule has 52 heavy (non-hydrogen) atoms. The minimum Gasteiger partial charge on any atom is -0.480 e. The average Bonchev–Trinajstić information content (AvgIpc) is 3.10. The Morgan fingerprint density at radius 2 is 1.33 bits per heavy atom. The number of aliphatic hydroxyl groups is 11. The number of carboxylic acid groups (broad SMARTS) is 3. The van der Waals surface area contributed by atoms with Crippen molar-refractivity contribution in [2.45, 2.75) is 119 Å². The van der Waals surface area contributed by atoms with Gasteiger partial charge in [-0.1, -0.05) is 45.2 Å². The van der Waals surface area contributed by atoms with E-state index in [4.69, 9.17) is 9.47 Å². The van der Waals surface area contributed by atoms with Gasteiger partial charge in [0.1, 0.15) is 40.7 Å². The van der Waals surface area contributed by atoms with Crippen LogP contribution >= 0.6 is 45.2 Å². The molecule has 1 aliphatic rings. The van der Waals surface area contributed by atoms with Gasteiger partial charge in [-0.15, -0.1) is 0 Å². The van der Waals surface area contributed by atoms with Crippen molar-refractivity contribution in [2.24, 2.45) is 17.8 Å². The number of carbonyl (C=O) groups excluding carboxylic acids is 1. The van der Waals surface area contributed by atoms with Gasteiger partial charge in [0.15, 0.2) is 18.5 Å². The van der Waals surface area contributed by atoms with Crippen molar-refractivity contribution in [3.05, 3.63) is 0 Å². The molecule has 21 nitrogen and oxygen atoms in total. The SMILES string of the molecule is COC(O)C(O)C(O)C(CC=O)CC1OC(C(=O)O)C(CC(I)C(O)C(O)C(CC(O)C(O)C(O)C(OC)C(I)C(=O)O)C(O)C(=O)O)C(O)C1O. The maximum absolute atomic E-state index is 12.3. The predicted octanol–water partition coefficient (Wildman–Crippen LogP) is -5.19. The lowest BCUT2D eigenvalue weighted by atomic mass is 9.78. The van der Waals surface area contributed by atoms with E-state index in [1.165, 1.54) is 45.2 Å². The standard InChI is InChI=1S/C29H48I2O21/c1-50-25(14(31)26(43)44)22(41)20(39)12(33)7-9(18(37)27(45)46)16(35)19(38)11(30)6-10-17(36)21(40)13(52-24(10)28(47)48)5-8(3-4-32)15(34)23(42)29(49)51-2/h4,8-25,29,33-42,49H,3,5-7H2,1-2H3,(H,43,44)(H,45,46)(H,47,48). The van der Waals surface area contributed by atoms with E-state index in [9.17, 15) is 90.7 Å². The summed E-state index contributed by atoms with van der Waals surface area (Å²) in [5, 5.41) is 145. The second-order valence-electron chi connectivity index (χ2n) is 12.5. The summed E-state index contributed by atoms with van der Waals surface area (Å²) in [5.41, 5.74) is 0. The summed E-state index contributed by atoms with van der Waals surface area (Å²) in [6, 6.07) is 0. The van der Waals surface area contributed by atoms with Gasteiger partial charge in [-0.25, -0.2) is 9.59 Å². The number of methoxy groups -OCH3 is 2. The molecule has 1 fully saturated rings. The first kappa shape index (κ1) is 49.0. The van der Waals surface area contributed by atoms with Crippen LogP contribution in [0.25, 0.3) is 0 Å². The van der Waals surface area contributed by atoms with Gasteiger partial charge in [0.25, 0.3) is 0 Å². The van der Waals surface area contributed by atoms with Crippen molar-refractivity contribution in [3.63, 3.8) is 0 Å². The van der Waals surface area contributed by atoms with Gasteiger partial charge < -0.3 is 90.5 Å². The third kappa shape index (κ3) is 12.8. The fourth-order valence-electron chi connectivity index (χ4n) is 6.02. The molecular weight excluding hydrogens is 938 g/mol. The van der Waals surface area contributed by atoms with E-state index in [2.05, 4.69) is 4.74 Å². The Hall–Kier alpha value is -1.02. The first-order valence-electron chi connectivity index (χ1n) is 15.7. The van der Waals surface area contributed by atoms with Crippen molar-refractivity contribution in [1.82, 2.24) is 0 Å². The molecule has 1 rings (SSSR count). The normalized spacial score (nSPS) is 29.1. The highest BCUT2D eigenvalue weighted by atomic mass is 127. The van der Waals surface area contributed by atoms with Crippen LogP contribution in [0, 0.1) is 17.8 Å². The molecule has 14 N–H and O–H groups in total. The van der Waals surface area contributed by atoms with Crippen LogP contribution < -0.4 is 0 Å². The summed E-state index contributed by atoms with van der Waals surface area (Å²) in [7, 11) is 2.03. The molecule has 1 saturated heterocycles. The second-order valence-corrected chi connectivity index (χ2v) is 15.4. The number of hydrogen-bond donors (Lipinski definition) is 14. The molecule has 0 aromatic rings. The van der Waals surface area contributed by atoms with Crippen LogP contribution in [0.2, 0.25) is 0 Å². The Balaban J connectivity index is 3.24. The molecule has 19 atom stereocenters. The number of aliphatic hydroxyl groups excluding tert-OH is 11. The van der Waals surface area contributed by atoms with Crippen LogP contribution in [0.15, 0.2) is 0 Å². The first-order chi connectivity index (χ1) is 24.1. The van der Waals surface area contributed by atoms with Crippen molar-refractivity contribution >= 4 is 69.4 Å². The second kappa shape index (κ2) is 22.5. The van der Waals surface area contributed by atoms with Gasteiger partial charge in [0.05, 0.1) is 36.6 Å². The first-order valence-corrected chi connectivity index (χ1v) is 18.2. The van der Waals surface area contributed by atoms with Crippen LogP contribution in [0.5, 0.6) is 0 Å². The predicted molar refractivity (Wildman–Crippen MR) is 186 cm³/mol. The van der Waals surface area contributed by atoms with E-state index in [1.54, 1.807) is 0 Å². The Morgan fingerprint density at radius 1 is 0.750 bits per heavy atom. The summed E-state index contributed by atoms with van der Waals surface area (Å²) in [5.74, 6) is -9.80. The molecule has 0 aliphatic carbocycles. The number of aliphatic carboxylic acids is 3. The summed E-state index contributed by atoms with van der Waals surface area (Å²) < 4.78 is 12.3. The van der Waals surface area contributed by atoms with Gasteiger partial charge in [-0.05, 0) is 25.2 Å². The molecule has 0 radical (unpaired) electrons. The van der Waals surface area contributed by atoms with Crippen molar-refractivity contribution in [3.8, 4) is 0 Å². The zero-order valence-corrected chi connectivity index (χ0v) is 32.1. The number of halogens is 2. The summed E-state index contributed by atoms with van der Waals surface area (Å²) in [6.45, 7) is 0. The third-order valence-electron chi connectivity index (χ3n) is 9.13. The highest BCUT2D eigenvalue weighted by Crippen LogP contribution is 2.37. The van der Waals surface area contributed by atoms with Gasteiger partial charge in [0.2, 0.25) is 0 Å². The fourth-order valence-corrected chi connectivity index (χ4v) is 7.75. The average molecular weight is 986 g/mol. The number of hydrogen-bond acceptors (Lipinski definition) is 18. The zero-order chi connectivity index (χ0) is 40.4. The maximum atomic E-state index is 12.3. The monoisotopic (exact) mass is 986 g/mol. The van der Waals surface area contributed by atoms with Crippen LogP contribution in [-0.4, -0.2) is 203 Å². The largest absolute Gasteiger partial charge is 0.480 e. The summed E-state index contributed by atoms with van der Waals surface area (Å²) in [6.07, 6.45) is -29.9. The molecule has 1 aliphatic heterocycles. The number of carboxylic acids is 3. The Morgan fingerprint density at radius 3 is 1.79 bits per heavy atom. The van der Waals surface area contributed by atoms with Crippen molar-refractivity contribution in [2.75, 3.05) is 14.2 Å². The number of carbonyl (C=O) groups is 4. The summed E-state index contributed by atoms with van der Waals surface area (Å²) in [4.78, 5) is 46.6. The topological polar surface area (TPSA) is 379 Å². The van der Waals surface area contributed by atoms with Gasteiger partial charge in [-0.3, -0.25) is 4.79 Å². The molecule has 23 heteroatoms. The Kier molecular flexibility index (Phi) is 21.2.